The van der Waals surface area contributed by atoms with E-state index in [4.69, 9.17) is 0 Å². The van der Waals surface area contributed by atoms with Crippen LogP contribution in [0.3, 0.4) is 0 Å². The van der Waals surface area contributed by atoms with Crippen molar-refractivity contribution in [3.8, 4) is 0 Å². The van der Waals surface area contributed by atoms with Crippen LogP contribution in [-0.2, 0) is 0 Å². The van der Waals surface area contributed by atoms with Crippen LogP contribution in [0.2, 0.25) is 0 Å². The average Bonchev–Trinajstić information content (AvgIpc) is 3.02. The molecule has 2 atom stereocenters. The van der Waals surface area contributed by atoms with Crippen LogP contribution in [0.25, 0.3) is 5.78 Å². The zero-order valence-corrected chi connectivity index (χ0v) is 11.6. The topological polar surface area (TPSA) is 86.8 Å². The molecule has 20 heavy (non-hydrogen) atoms. The monoisotopic (exact) mass is 277 g/mol. The fraction of sp³-hybridized carbons (Fsp3) is 0.615. The highest BCUT2D eigenvalue weighted by Gasteiger charge is 2.32. The molecule has 3 heterocycles. The van der Waals surface area contributed by atoms with Crippen molar-refractivity contribution in [3.63, 3.8) is 0 Å². The Morgan fingerprint density at radius 2 is 2.25 bits per heavy atom. The molecule has 2 N–H and O–H groups in total. The summed E-state index contributed by atoms with van der Waals surface area (Å²) < 4.78 is 1.66. The van der Waals surface area contributed by atoms with Crippen LogP contribution in [0.1, 0.15) is 31.9 Å². The summed E-state index contributed by atoms with van der Waals surface area (Å²) in [5.41, 5.74) is 0.929. The van der Waals surface area contributed by atoms with E-state index in [0.717, 1.165) is 11.5 Å². The van der Waals surface area contributed by atoms with E-state index in [-0.39, 0.29) is 18.6 Å². The summed E-state index contributed by atoms with van der Waals surface area (Å²) in [4.78, 5) is 10.6. The van der Waals surface area contributed by atoms with Gasteiger partial charge in [0.15, 0.2) is 0 Å². The van der Waals surface area contributed by atoms with Crippen LogP contribution in [-0.4, -0.2) is 55.1 Å². The largest absolute Gasteiger partial charge is 0.394 e. The molecule has 108 valence electrons. The predicted molar refractivity (Wildman–Crippen MR) is 73.7 cm³/mol. The Kier molecular flexibility index (Phi) is 3.31. The third-order valence-corrected chi connectivity index (χ3v) is 3.74. The fourth-order valence-electron chi connectivity index (χ4n) is 2.66. The van der Waals surface area contributed by atoms with Gasteiger partial charge in [0.25, 0.3) is 5.78 Å². The molecule has 0 spiro atoms. The lowest BCUT2D eigenvalue weighted by Gasteiger charge is -2.25. The number of anilines is 1. The van der Waals surface area contributed by atoms with E-state index in [1.54, 1.807) is 4.52 Å². The highest BCUT2D eigenvalue weighted by atomic mass is 16.3. The molecule has 2 aromatic rings. The lowest BCUT2D eigenvalue weighted by Crippen LogP contribution is -2.34. The first-order valence-electron chi connectivity index (χ1n) is 6.86. The standard InChI is InChI=1S/C13H19N5O2/c1-8(2)11-4-12(18-13(16-11)14-7-15-18)17-5-10(20)3-9(17)6-19/h4,7-10,19-20H,3,5-6H2,1-2H3/t9-,10+/m0/s1. The first kappa shape index (κ1) is 13.3. The number of nitrogens with zero attached hydrogens (tertiary/aromatic N) is 5. The van der Waals surface area contributed by atoms with Crippen LogP contribution in [0, 0.1) is 0 Å². The molecule has 2 aromatic heterocycles. The van der Waals surface area contributed by atoms with Gasteiger partial charge in [0.2, 0.25) is 0 Å². The first-order chi connectivity index (χ1) is 9.60. The highest BCUT2D eigenvalue weighted by Crippen LogP contribution is 2.27. The van der Waals surface area contributed by atoms with E-state index >= 15 is 0 Å². The zero-order chi connectivity index (χ0) is 14.3. The summed E-state index contributed by atoms with van der Waals surface area (Å²) in [7, 11) is 0. The van der Waals surface area contributed by atoms with Crippen molar-refractivity contribution >= 4 is 11.6 Å². The lowest BCUT2D eigenvalue weighted by atomic mass is 10.1. The number of hydrogen-bond acceptors (Lipinski definition) is 6. The lowest BCUT2D eigenvalue weighted by molar-refractivity contribution is 0.184. The number of aliphatic hydroxyl groups is 2. The van der Waals surface area contributed by atoms with Crippen molar-refractivity contribution in [2.24, 2.45) is 0 Å². The van der Waals surface area contributed by atoms with Crippen LogP contribution in [0.5, 0.6) is 0 Å². The highest BCUT2D eigenvalue weighted by molar-refractivity contribution is 5.50. The maximum absolute atomic E-state index is 9.85. The number of rotatable bonds is 3. The number of aliphatic hydroxyl groups excluding tert-OH is 2. The average molecular weight is 277 g/mol. The minimum absolute atomic E-state index is 0.00653. The van der Waals surface area contributed by atoms with Crippen LogP contribution in [0.15, 0.2) is 12.4 Å². The quantitative estimate of drug-likeness (QED) is 0.832. The molecular weight excluding hydrogens is 258 g/mol. The molecule has 3 rings (SSSR count). The molecule has 7 nitrogen and oxygen atoms in total. The number of aromatic nitrogens is 4. The Morgan fingerprint density at radius 3 is 2.95 bits per heavy atom. The molecule has 0 radical (unpaired) electrons. The van der Waals surface area contributed by atoms with Crippen LogP contribution in [0.4, 0.5) is 5.82 Å². The Bertz CT molecular complexity index is 612. The van der Waals surface area contributed by atoms with E-state index in [0.29, 0.717) is 18.7 Å². The third-order valence-electron chi connectivity index (χ3n) is 3.74. The molecule has 1 aliphatic heterocycles. The maximum Gasteiger partial charge on any atom is 0.254 e. The Morgan fingerprint density at radius 1 is 1.45 bits per heavy atom. The molecular formula is C13H19N5O2. The molecule has 0 amide bonds. The summed E-state index contributed by atoms with van der Waals surface area (Å²) in [6.45, 7) is 4.64. The summed E-state index contributed by atoms with van der Waals surface area (Å²) in [5, 5.41) is 23.5. The Hall–Kier alpha value is -1.73. The van der Waals surface area contributed by atoms with Gasteiger partial charge < -0.3 is 15.1 Å². The maximum atomic E-state index is 9.85. The van der Waals surface area contributed by atoms with Crippen molar-refractivity contribution in [1.29, 1.82) is 0 Å². The first-order valence-corrected chi connectivity index (χ1v) is 6.86. The molecule has 0 aromatic carbocycles. The van der Waals surface area contributed by atoms with Crippen LogP contribution >= 0.6 is 0 Å². The van der Waals surface area contributed by atoms with Gasteiger partial charge in [0.1, 0.15) is 12.1 Å². The summed E-state index contributed by atoms with van der Waals surface area (Å²) in [5.74, 6) is 1.65. The van der Waals surface area contributed by atoms with Crippen molar-refractivity contribution in [3.05, 3.63) is 18.1 Å². The Labute approximate surface area is 116 Å². The van der Waals surface area contributed by atoms with E-state index in [1.165, 1.54) is 6.33 Å². The van der Waals surface area contributed by atoms with E-state index in [2.05, 4.69) is 28.9 Å². The van der Waals surface area contributed by atoms with E-state index < -0.39 is 6.10 Å². The molecule has 0 saturated carbocycles. The second kappa shape index (κ2) is 4.99. The summed E-state index contributed by atoms with van der Waals surface area (Å²) in [6.07, 6.45) is 1.60. The molecule has 0 unspecified atom stereocenters. The summed E-state index contributed by atoms with van der Waals surface area (Å²) in [6, 6.07) is 1.87. The number of hydrogen-bond donors (Lipinski definition) is 2. The van der Waals surface area contributed by atoms with Crippen molar-refractivity contribution in [2.75, 3.05) is 18.1 Å². The van der Waals surface area contributed by atoms with Gasteiger partial charge in [-0.2, -0.15) is 14.6 Å². The van der Waals surface area contributed by atoms with Gasteiger partial charge in [-0.05, 0) is 12.3 Å². The van der Waals surface area contributed by atoms with Gasteiger partial charge in [0, 0.05) is 12.6 Å². The van der Waals surface area contributed by atoms with Gasteiger partial charge >= 0.3 is 0 Å². The van der Waals surface area contributed by atoms with E-state index in [1.807, 2.05) is 11.0 Å². The minimum atomic E-state index is -0.429. The SMILES string of the molecule is CC(C)c1cc(N2C[C@H](O)C[C@H]2CO)n2ncnc2n1. The van der Waals surface area contributed by atoms with Gasteiger partial charge in [-0.15, -0.1) is 0 Å². The zero-order valence-electron chi connectivity index (χ0n) is 11.6. The molecule has 1 aliphatic rings. The number of β-amino-alcohol motifs (C(OH)–C–C–N with tert-alkyl or cyclic N) is 1. The summed E-state index contributed by atoms with van der Waals surface area (Å²) >= 11 is 0. The second-order valence-corrected chi connectivity index (χ2v) is 5.54. The number of fused-ring (bicyclic) bond motifs is 1. The molecule has 7 heteroatoms. The van der Waals surface area contributed by atoms with Crippen LogP contribution < -0.4 is 4.90 Å². The van der Waals surface area contributed by atoms with Crippen molar-refractivity contribution in [1.82, 2.24) is 19.6 Å². The molecule has 1 saturated heterocycles. The van der Waals surface area contributed by atoms with Gasteiger partial charge in [-0.25, -0.2) is 4.98 Å². The van der Waals surface area contributed by atoms with Crippen molar-refractivity contribution < 1.29 is 10.2 Å². The van der Waals surface area contributed by atoms with Gasteiger partial charge in [-0.3, -0.25) is 0 Å². The predicted octanol–water partition coefficient (Wildman–Crippen LogP) is 0.180. The smallest absolute Gasteiger partial charge is 0.254 e. The van der Waals surface area contributed by atoms with Gasteiger partial charge in [0.05, 0.1) is 24.4 Å². The van der Waals surface area contributed by atoms with Gasteiger partial charge in [-0.1, -0.05) is 13.8 Å². The normalized spacial score (nSPS) is 23.1. The van der Waals surface area contributed by atoms with E-state index in [9.17, 15) is 10.2 Å². The second-order valence-electron chi connectivity index (χ2n) is 5.54. The molecule has 0 aliphatic carbocycles. The Balaban J connectivity index is 2.11. The van der Waals surface area contributed by atoms with Crippen molar-refractivity contribution in [2.45, 2.75) is 38.3 Å². The third kappa shape index (κ3) is 2.12. The minimum Gasteiger partial charge on any atom is -0.394 e. The molecule has 0 bridgehead atoms. The molecule has 1 fully saturated rings. The fourth-order valence-corrected chi connectivity index (χ4v) is 2.66.